The van der Waals surface area contributed by atoms with Crippen LogP contribution in [0.15, 0.2) is 185 Å². The van der Waals surface area contributed by atoms with Gasteiger partial charge in [0.25, 0.3) is 0 Å². The second kappa shape index (κ2) is 12.0. The third-order valence-corrected chi connectivity index (χ3v) is 10.1. The van der Waals surface area contributed by atoms with Crippen molar-refractivity contribution in [3.05, 3.63) is 181 Å². The number of hydrogen-bond acceptors (Lipinski definition) is 3. The molecule has 0 saturated carbocycles. The minimum atomic E-state index is 0.631. The zero-order valence-electron chi connectivity index (χ0n) is 28.0. The van der Waals surface area contributed by atoms with Gasteiger partial charge in [0.2, 0.25) is 0 Å². The lowest BCUT2D eigenvalue weighted by Gasteiger charge is -2.19. The monoisotopic (exact) mass is 663 g/mol. The summed E-state index contributed by atoms with van der Waals surface area (Å²) in [5.74, 6) is 0. The second-order valence-electron chi connectivity index (χ2n) is 13.1. The molecule has 0 bridgehead atoms. The molecule has 0 unspecified atom stereocenters. The van der Waals surface area contributed by atoms with Gasteiger partial charge in [0.05, 0.1) is 11.6 Å². The first-order valence-corrected chi connectivity index (χ1v) is 17.4. The highest BCUT2D eigenvalue weighted by Crippen LogP contribution is 2.47. The van der Waals surface area contributed by atoms with Gasteiger partial charge in [0.1, 0.15) is 22.3 Å². The summed E-state index contributed by atoms with van der Waals surface area (Å²) in [6.45, 7) is 0. The Balaban J connectivity index is 1.34. The van der Waals surface area contributed by atoms with E-state index in [9.17, 15) is 5.26 Å². The first kappa shape index (κ1) is 29.7. The lowest BCUT2D eigenvalue weighted by Crippen LogP contribution is -1.94. The van der Waals surface area contributed by atoms with Crippen molar-refractivity contribution >= 4 is 43.9 Å². The molecule has 0 aliphatic carbocycles. The summed E-state index contributed by atoms with van der Waals surface area (Å²) in [6, 6.07) is 63.1. The fraction of sp³-hybridized carbons (Fsp3) is 0. The summed E-state index contributed by atoms with van der Waals surface area (Å²) < 4.78 is 13.3. The van der Waals surface area contributed by atoms with Gasteiger partial charge in [0, 0.05) is 32.7 Å². The standard InChI is InChI=1S/C49H29NO2/c50-30-32-15-4-5-16-36(32)34-27-33(31-13-2-1-3-14-31)28-35(29-34)47-39(43-23-11-21-41-37-17-6-8-25-45(37)51-48(41)43)19-10-20-40(47)44-24-12-22-42-38-18-7-9-26-46(38)52-49(42)44/h1-29H. The van der Waals surface area contributed by atoms with Crippen molar-refractivity contribution in [3.63, 3.8) is 0 Å². The van der Waals surface area contributed by atoms with Crippen molar-refractivity contribution < 1.29 is 8.83 Å². The maximum atomic E-state index is 10.2. The molecular weight excluding hydrogens is 635 g/mol. The molecule has 242 valence electrons. The molecule has 2 aromatic heterocycles. The van der Waals surface area contributed by atoms with E-state index in [0.717, 1.165) is 99.5 Å². The van der Waals surface area contributed by atoms with Crippen molar-refractivity contribution in [2.45, 2.75) is 0 Å². The van der Waals surface area contributed by atoms with Crippen LogP contribution in [0.3, 0.4) is 0 Å². The van der Waals surface area contributed by atoms with Gasteiger partial charge < -0.3 is 8.83 Å². The molecule has 2 heterocycles. The Labute approximate surface area is 300 Å². The van der Waals surface area contributed by atoms with Crippen LogP contribution in [0.2, 0.25) is 0 Å². The number of furan rings is 2. The molecule has 0 aliphatic heterocycles. The Morgan fingerprint density at radius 3 is 1.44 bits per heavy atom. The Morgan fingerprint density at radius 2 is 0.808 bits per heavy atom. The lowest BCUT2D eigenvalue weighted by atomic mass is 9.84. The third-order valence-electron chi connectivity index (χ3n) is 10.1. The summed E-state index contributed by atoms with van der Waals surface area (Å²) in [5.41, 5.74) is 14.2. The molecule has 3 heteroatoms. The number of para-hydroxylation sites is 4. The van der Waals surface area contributed by atoms with Crippen molar-refractivity contribution in [1.29, 1.82) is 5.26 Å². The second-order valence-corrected chi connectivity index (χ2v) is 13.1. The number of fused-ring (bicyclic) bond motifs is 6. The highest BCUT2D eigenvalue weighted by Gasteiger charge is 2.22. The molecule has 0 atom stereocenters. The molecular formula is C49H29NO2. The quantitative estimate of drug-likeness (QED) is 0.184. The molecule has 0 saturated heterocycles. The smallest absolute Gasteiger partial charge is 0.143 e. The fourth-order valence-corrected chi connectivity index (χ4v) is 7.79. The van der Waals surface area contributed by atoms with Crippen molar-refractivity contribution in [1.82, 2.24) is 0 Å². The SMILES string of the molecule is N#Cc1ccccc1-c1cc(-c2ccccc2)cc(-c2c(-c3cccc4c3oc3ccccc34)cccc2-c2cccc3c2oc2ccccc23)c1. The molecule has 0 fully saturated rings. The topological polar surface area (TPSA) is 50.1 Å². The van der Waals surface area contributed by atoms with Crippen LogP contribution in [0.5, 0.6) is 0 Å². The van der Waals surface area contributed by atoms with Crippen molar-refractivity contribution in [2.75, 3.05) is 0 Å². The highest BCUT2D eigenvalue weighted by atomic mass is 16.3. The van der Waals surface area contributed by atoms with Crippen molar-refractivity contribution in [3.8, 4) is 61.7 Å². The van der Waals surface area contributed by atoms with E-state index in [0.29, 0.717) is 5.56 Å². The zero-order chi connectivity index (χ0) is 34.6. The Kier molecular flexibility index (Phi) is 6.87. The summed E-state index contributed by atoms with van der Waals surface area (Å²) in [4.78, 5) is 0. The summed E-state index contributed by atoms with van der Waals surface area (Å²) >= 11 is 0. The predicted octanol–water partition coefficient (Wildman–Crippen LogP) is 13.7. The normalized spacial score (nSPS) is 11.4. The van der Waals surface area contributed by atoms with Gasteiger partial charge >= 0.3 is 0 Å². The molecule has 0 radical (unpaired) electrons. The van der Waals surface area contributed by atoms with Crippen LogP contribution < -0.4 is 0 Å². The van der Waals surface area contributed by atoms with Gasteiger partial charge in [0.15, 0.2) is 0 Å². The van der Waals surface area contributed by atoms with Gasteiger partial charge in [-0.3, -0.25) is 0 Å². The van der Waals surface area contributed by atoms with E-state index in [-0.39, 0.29) is 0 Å². The number of nitriles is 1. The summed E-state index contributed by atoms with van der Waals surface area (Å²) in [7, 11) is 0. The minimum Gasteiger partial charge on any atom is -0.455 e. The molecule has 0 N–H and O–H groups in total. The maximum absolute atomic E-state index is 10.2. The number of hydrogen-bond donors (Lipinski definition) is 0. The van der Waals surface area contributed by atoms with Crippen LogP contribution in [0.1, 0.15) is 5.56 Å². The van der Waals surface area contributed by atoms with Crippen LogP contribution in [0.4, 0.5) is 0 Å². The van der Waals surface area contributed by atoms with Crippen LogP contribution >= 0.6 is 0 Å². The molecule has 3 nitrogen and oxygen atoms in total. The van der Waals surface area contributed by atoms with Crippen LogP contribution in [0.25, 0.3) is 99.5 Å². The number of nitrogens with zero attached hydrogens (tertiary/aromatic N) is 1. The van der Waals surface area contributed by atoms with Gasteiger partial charge in [-0.1, -0.05) is 140 Å². The zero-order valence-corrected chi connectivity index (χ0v) is 28.0. The summed E-state index contributed by atoms with van der Waals surface area (Å²) in [5, 5.41) is 14.5. The molecule has 10 rings (SSSR count). The van der Waals surface area contributed by atoms with E-state index < -0.39 is 0 Å². The molecule has 0 aliphatic rings. The fourth-order valence-electron chi connectivity index (χ4n) is 7.79. The first-order valence-electron chi connectivity index (χ1n) is 17.4. The van der Waals surface area contributed by atoms with Gasteiger partial charge in [-0.2, -0.15) is 5.26 Å². The number of benzene rings is 8. The van der Waals surface area contributed by atoms with Crippen LogP contribution in [0, 0.1) is 11.3 Å². The lowest BCUT2D eigenvalue weighted by molar-refractivity contribution is 0.670. The Hall–Kier alpha value is -7.15. The third kappa shape index (κ3) is 4.74. The minimum absolute atomic E-state index is 0.631. The first-order chi connectivity index (χ1) is 25.7. The van der Waals surface area contributed by atoms with E-state index in [1.807, 2.05) is 54.6 Å². The van der Waals surface area contributed by atoms with Gasteiger partial charge in [-0.25, -0.2) is 0 Å². The van der Waals surface area contributed by atoms with Crippen LogP contribution in [-0.4, -0.2) is 0 Å². The van der Waals surface area contributed by atoms with E-state index in [4.69, 9.17) is 8.83 Å². The van der Waals surface area contributed by atoms with E-state index in [1.165, 1.54) is 0 Å². The maximum Gasteiger partial charge on any atom is 0.143 e. The number of rotatable bonds is 5. The molecule has 10 aromatic rings. The van der Waals surface area contributed by atoms with Gasteiger partial charge in [-0.15, -0.1) is 0 Å². The van der Waals surface area contributed by atoms with Crippen molar-refractivity contribution in [2.24, 2.45) is 0 Å². The molecule has 0 spiro atoms. The van der Waals surface area contributed by atoms with E-state index in [1.54, 1.807) is 0 Å². The molecule has 0 amide bonds. The summed E-state index contributed by atoms with van der Waals surface area (Å²) in [6.07, 6.45) is 0. The predicted molar refractivity (Wildman–Crippen MR) is 213 cm³/mol. The van der Waals surface area contributed by atoms with Crippen LogP contribution in [-0.2, 0) is 0 Å². The Morgan fingerprint density at radius 1 is 0.346 bits per heavy atom. The van der Waals surface area contributed by atoms with E-state index >= 15 is 0 Å². The average Bonchev–Trinajstić information content (AvgIpc) is 3.79. The highest BCUT2D eigenvalue weighted by molar-refractivity contribution is 6.14. The average molecular weight is 664 g/mol. The largest absolute Gasteiger partial charge is 0.455 e. The molecule has 8 aromatic carbocycles. The molecule has 52 heavy (non-hydrogen) atoms. The van der Waals surface area contributed by atoms with Gasteiger partial charge in [-0.05, 0) is 80.9 Å². The Bertz CT molecular complexity index is 2900. The van der Waals surface area contributed by atoms with E-state index in [2.05, 4.69) is 127 Å².